The maximum absolute atomic E-state index is 14.1. The topological polar surface area (TPSA) is 61.9 Å². The first-order valence-electron chi connectivity index (χ1n) is 11.0. The zero-order chi connectivity index (χ0) is 23.7. The number of anilines is 1. The van der Waals surface area contributed by atoms with E-state index in [-0.39, 0.29) is 11.9 Å². The van der Waals surface area contributed by atoms with E-state index in [9.17, 15) is 9.59 Å². The van der Waals surface area contributed by atoms with Crippen molar-refractivity contribution in [3.63, 3.8) is 0 Å². The SMILES string of the molecule is COc1cccc(CN2C(=O)[C@@]3(SCCN3C(=O)NCc3ccccc3)c3cc(Cl)ccc32)c1. The molecule has 1 atom stereocenters. The summed E-state index contributed by atoms with van der Waals surface area (Å²) in [5.74, 6) is 1.25. The Morgan fingerprint density at radius 1 is 1.09 bits per heavy atom. The van der Waals surface area contributed by atoms with Crippen LogP contribution >= 0.6 is 23.4 Å². The average molecular weight is 494 g/mol. The summed E-state index contributed by atoms with van der Waals surface area (Å²) in [5.41, 5.74) is 3.46. The number of fused-ring (bicyclic) bond motifs is 2. The normalized spacial score (nSPS) is 18.9. The Balaban J connectivity index is 1.48. The molecule has 1 spiro atoms. The molecule has 1 N–H and O–H groups in total. The van der Waals surface area contributed by atoms with E-state index in [1.807, 2.05) is 66.7 Å². The number of amides is 3. The minimum absolute atomic E-state index is 0.134. The number of ether oxygens (including phenoxy) is 1. The molecule has 3 aromatic rings. The van der Waals surface area contributed by atoms with E-state index >= 15 is 0 Å². The molecule has 0 aromatic heterocycles. The number of nitrogens with zero attached hydrogens (tertiary/aromatic N) is 2. The highest BCUT2D eigenvalue weighted by Crippen LogP contribution is 2.55. The molecule has 2 aliphatic rings. The molecule has 0 unspecified atom stereocenters. The molecular formula is C26H24ClN3O3S. The molecule has 6 nitrogen and oxygen atoms in total. The molecule has 0 bridgehead atoms. The number of urea groups is 1. The maximum Gasteiger partial charge on any atom is 0.319 e. The van der Waals surface area contributed by atoms with Crippen molar-refractivity contribution in [2.45, 2.75) is 18.0 Å². The predicted molar refractivity (Wildman–Crippen MR) is 135 cm³/mol. The van der Waals surface area contributed by atoms with Gasteiger partial charge in [-0.2, -0.15) is 0 Å². The van der Waals surface area contributed by atoms with Crippen LogP contribution in [0.3, 0.4) is 0 Å². The Morgan fingerprint density at radius 2 is 1.88 bits per heavy atom. The van der Waals surface area contributed by atoms with Gasteiger partial charge in [-0.05, 0) is 41.5 Å². The fraction of sp³-hybridized carbons (Fsp3) is 0.231. The summed E-state index contributed by atoms with van der Waals surface area (Å²) in [6.07, 6.45) is 0. The number of carbonyl (C=O) groups excluding carboxylic acids is 2. The van der Waals surface area contributed by atoms with Crippen LogP contribution in [0.15, 0.2) is 72.8 Å². The molecule has 2 heterocycles. The number of carbonyl (C=O) groups is 2. The van der Waals surface area contributed by atoms with Gasteiger partial charge in [-0.3, -0.25) is 9.69 Å². The van der Waals surface area contributed by atoms with Gasteiger partial charge in [0.05, 0.1) is 19.3 Å². The fourth-order valence-corrected chi connectivity index (χ4v) is 6.19. The first kappa shape index (κ1) is 22.6. The highest BCUT2D eigenvalue weighted by atomic mass is 35.5. The maximum atomic E-state index is 14.1. The van der Waals surface area contributed by atoms with Crippen LogP contribution in [-0.4, -0.2) is 36.2 Å². The van der Waals surface area contributed by atoms with Crippen molar-refractivity contribution in [3.8, 4) is 5.75 Å². The van der Waals surface area contributed by atoms with Crippen LogP contribution in [0.4, 0.5) is 10.5 Å². The lowest BCUT2D eigenvalue weighted by molar-refractivity contribution is -0.123. The van der Waals surface area contributed by atoms with Gasteiger partial charge >= 0.3 is 6.03 Å². The molecule has 0 aliphatic carbocycles. The van der Waals surface area contributed by atoms with Crippen LogP contribution in [0.5, 0.6) is 5.75 Å². The van der Waals surface area contributed by atoms with Crippen molar-refractivity contribution in [2.24, 2.45) is 0 Å². The summed E-state index contributed by atoms with van der Waals surface area (Å²) in [4.78, 5) is 29.7. The number of thioether (sulfide) groups is 1. The van der Waals surface area contributed by atoms with E-state index in [4.69, 9.17) is 16.3 Å². The van der Waals surface area contributed by atoms with Crippen molar-refractivity contribution in [1.29, 1.82) is 0 Å². The number of nitrogens with one attached hydrogen (secondary N) is 1. The Bertz CT molecular complexity index is 1240. The Labute approximate surface area is 207 Å². The third-order valence-electron chi connectivity index (χ3n) is 6.16. The quantitative estimate of drug-likeness (QED) is 0.543. The van der Waals surface area contributed by atoms with Crippen LogP contribution in [0.1, 0.15) is 16.7 Å². The predicted octanol–water partition coefficient (Wildman–Crippen LogP) is 5.01. The minimum Gasteiger partial charge on any atom is -0.497 e. The van der Waals surface area contributed by atoms with Crippen molar-refractivity contribution in [3.05, 3.63) is 94.5 Å². The lowest BCUT2D eigenvalue weighted by Gasteiger charge is -2.33. The summed E-state index contributed by atoms with van der Waals surface area (Å²) < 4.78 is 5.35. The van der Waals surface area contributed by atoms with Gasteiger partial charge in [0.2, 0.25) is 0 Å². The van der Waals surface area contributed by atoms with E-state index in [1.54, 1.807) is 23.0 Å². The first-order chi connectivity index (χ1) is 16.5. The molecule has 34 heavy (non-hydrogen) atoms. The molecular weight excluding hydrogens is 470 g/mol. The van der Waals surface area contributed by atoms with Gasteiger partial charge in [0.15, 0.2) is 4.87 Å². The number of hydrogen-bond donors (Lipinski definition) is 1. The van der Waals surface area contributed by atoms with Crippen LogP contribution in [0.25, 0.3) is 0 Å². The monoisotopic (exact) mass is 493 g/mol. The largest absolute Gasteiger partial charge is 0.497 e. The van der Waals surface area contributed by atoms with Gasteiger partial charge in [-0.25, -0.2) is 4.79 Å². The second kappa shape index (κ2) is 9.24. The van der Waals surface area contributed by atoms with E-state index in [0.717, 1.165) is 28.1 Å². The second-order valence-electron chi connectivity index (χ2n) is 8.19. The highest BCUT2D eigenvalue weighted by Gasteiger charge is 2.59. The summed E-state index contributed by atoms with van der Waals surface area (Å²) >= 11 is 7.86. The lowest BCUT2D eigenvalue weighted by Crippen LogP contribution is -2.53. The van der Waals surface area contributed by atoms with Crippen molar-refractivity contribution >= 4 is 41.0 Å². The number of benzene rings is 3. The standard InChI is InChI=1S/C26H24ClN3O3S/c1-33-21-9-5-8-19(14-21)17-29-23-11-10-20(27)15-22(23)26(24(29)31)30(12-13-34-26)25(32)28-16-18-6-3-2-4-7-18/h2-11,14-15H,12-13,16-17H2,1H3,(H,28,32)/t26-/m0/s1. The average Bonchev–Trinajstić information content (AvgIpc) is 3.40. The molecule has 1 saturated heterocycles. The second-order valence-corrected chi connectivity index (χ2v) is 9.92. The smallest absolute Gasteiger partial charge is 0.319 e. The highest BCUT2D eigenvalue weighted by molar-refractivity contribution is 8.01. The van der Waals surface area contributed by atoms with Crippen LogP contribution in [0, 0.1) is 0 Å². The summed E-state index contributed by atoms with van der Waals surface area (Å²) in [6, 6.07) is 22.6. The number of halogens is 1. The fourth-order valence-electron chi connectivity index (χ4n) is 4.57. The van der Waals surface area contributed by atoms with E-state index in [0.29, 0.717) is 30.4 Å². The number of hydrogen-bond acceptors (Lipinski definition) is 4. The lowest BCUT2D eigenvalue weighted by atomic mass is 10.1. The zero-order valence-corrected chi connectivity index (χ0v) is 20.2. The third-order valence-corrected chi connectivity index (χ3v) is 7.82. The number of rotatable bonds is 5. The van der Waals surface area contributed by atoms with Gasteiger partial charge in [-0.1, -0.05) is 54.1 Å². The molecule has 3 aromatic carbocycles. The van der Waals surface area contributed by atoms with Crippen LogP contribution in [0.2, 0.25) is 5.02 Å². The Morgan fingerprint density at radius 3 is 2.68 bits per heavy atom. The van der Waals surface area contributed by atoms with E-state index in [2.05, 4.69) is 5.32 Å². The molecule has 1 fully saturated rings. The zero-order valence-electron chi connectivity index (χ0n) is 18.7. The van der Waals surface area contributed by atoms with Crippen molar-refractivity contribution in [2.75, 3.05) is 24.3 Å². The minimum atomic E-state index is -1.14. The number of methoxy groups -OCH3 is 1. The summed E-state index contributed by atoms with van der Waals surface area (Å²) in [7, 11) is 1.62. The Hall–Kier alpha value is -3.16. The summed E-state index contributed by atoms with van der Waals surface area (Å²) in [5, 5.41) is 3.52. The van der Waals surface area contributed by atoms with Crippen molar-refractivity contribution < 1.29 is 14.3 Å². The molecule has 5 rings (SSSR count). The van der Waals surface area contributed by atoms with Crippen LogP contribution in [-0.2, 0) is 22.8 Å². The molecule has 0 radical (unpaired) electrons. The van der Waals surface area contributed by atoms with Gasteiger partial charge in [0.25, 0.3) is 5.91 Å². The van der Waals surface area contributed by atoms with Gasteiger partial charge in [0, 0.05) is 29.4 Å². The molecule has 8 heteroatoms. The Kier molecular flexibility index (Phi) is 6.15. The van der Waals surface area contributed by atoms with Gasteiger partial charge in [0.1, 0.15) is 5.75 Å². The molecule has 3 amide bonds. The molecule has 0 saturated carbocycles. The van der Waals surface area contributed by atoms with Crippen molar-refractivity contribution in [1.82, 2.24) is 10.2 Å². The van der Waals surface area contributed by atoms with Gasteiger partial charge < -0.3 is 15.0 Å². The van der Waals surface area contributed by atoms with E-state index < -0.39 is 4.87 Å². The summed E-state index contributed by atoms with van der Waals surface area (Å²) in [6.45, 7) is 1.23. The molecule has 174 valence electrons. The van der Waals surface area contributed by atoms with Crippen LogP contribution < -0.4 is 15.0 Å². The van der Waals surface area contributed by atoms with Gasteiger partial charge in [-0.15, -0.1) is 11.8 Å². The first-order valence-corrected chi connectivity index (χ1v) is 12.4. The molecule has 2 aliphatic heterocycles. The third kappa shape index (κ3) is 3.89. The van der Waals surface area contributed by atoms with E-state index in [1.165, 1.54) is 11.8 Å².